The number of hydrogen-bond acceptors (Lipinski definition) is 7. The Balaban J connectivity index is 1.62. The molecule has 0 aliphatic carbocycles. The second-order valence-electron chi connectivity index (χ2n) is 5.86. The van der Waals surface area contributed by atoms with Gasteiger partial charge in [-0.2, -0.15) is 4.98 Å². The van der Waals surface area contributed by atoms with Crippen LogP contribution in [0.25, 0.3) is 0 Å². The molecule has 1 aromatic heterocycles. The van der Waals surface area contributed by atoms with Crippen LogP contribution in [0.1, 0.15) is 24.7 Å². The van der Waals surface area contributed by atoms with Gasteiger partial charge < -0.3 is 14.3 Å². The van der Waals surface area contributed by atoms with E-state index < -0.39 is 0 Å². The van der Waals surface area contributed by atoms with Gasteiger partial charge in [-0.15, -0.1) is 0 Å². The Morgan fingerprint density at radius 1 is 1.26 bits per heavy atom. The van der Waals surface area contributed by atoms with Gasteiger partial charge in [-0.05, 0) is 30.1 Å². The molecule has 1 saturated heterocycles. The lowest BCUT2D eigenvalue weighted by atomic mass is 9.96. The molecule has 1 aliphatic heterocycles. The van der Waals surface area contributed by atoms with Gasteiger partial charge in [0.15, 0.2) is 0 Å². The minimum absolute atomic E-state index is 0.116. The summed E-state index contributed by atoms with van der Waals surface area (Å²) in [5, 5.41) is 14.7. The lowest BCUT2D eigenvalue weighted by molar-refractivity contribution is -0.384. The smallest absolute Gasteiger partial charge is 0.269 e. The van der Waals surface area contributed by atoms with Crippen LogP contribution in [-0.2, 0) is 0 Å². The highest BCUT2D eigenvalue weighted by atomic mass is 16.6. The Kier molecular flexibility index (Phi) is 4.14. The summed E-state index contributed by atoms with van der Waals surface area (Å²) >= 11 is 0. The van der Waals surface area contributed by atoms with E-state index in [0.29, 0.717) is 11.8 Å². The number of anilines is 2. The molecule has 1 fully saturated rings. The molecule has 2 aromatic rings. The van der Waals surface area contributed by atoms with Gasteiger partial charge in [0.25, 0.3) is 11.6 Å². The standard InChI is InChI=1S/C15H19N5O3/c1-18(2)15-16-14(23-17-15)11-7-9-19(10-8-11)12-3-5-13(6-4-12)20(21)22/h3-6,11H,7-10H2,1-2H3. The Bertz CT molecular complexity index is 675. The van der Waals surface area contributed by atoms with Crippen LogP contribution in [0.5, 0.6) is 0 Å². The number of nitrogens with zero attached hydrogens (tertiary/aromatic N) is 5. The van der Waals surface area contributed by atoms with Crippen molar-refractivity contribution in [3.63, 3.8) is 0 Å². The fraction of sp³-hybridized carbons (Fsp3) is 0.467. The lowest BCUT2D eigenvalue weighted by Gasteiger charge is -2.32. The number of rotatable bonds is 4. The molecule has 8 nitrogen and oxygen atoms in total. The number of nitro groups is 1. The van der Waals surface area contributed by atoms with Crippen molar-refractivity contribution < 1.29 is 9.45 Å². The van der Waals surface area contributed by atoms with Crippen LogP contribution in [0.3, 0.4) is 0 Å². The van der Waals surface area contributed by atoms with Gasteiger partial charge in [0.1, 0.15) is 0 Å². The Hall–Kier alpha value is -2.64. The number of benzene rings is 1. The van der Waals surface area contributed by atoms with E-state index >= 15 is 0 Å². The summed E-state index contributed by atoms with van der Waals surface area (Å²) in [4.78, 5) is 18.8. The van der Waals surface area contributed by atoms with Crippen molar-refractivity contribution >= 4 is 17.3 Å². The van der Waals surface area contributed by atoms with Gasteiger partial charge in [0.05, 0.1) is 4.92 Å². The zero-order chi connectivity index (χ0) is 16.4. The van der Waals surface area contributed by atoms with E-state index in [1.165, 1.54) is 0 Å². The predicted octanol–water partition coefficient (Wildman–Crippen LogP) is 2.43. The van der Waals surface area contributed by atoms with E-state index in [9.17, 15) is 10.1 Å². The molecule has 8 heteroatoms. The Labute approximate surface area is 133 Å². The second kappa shape index (κ2) is 6.23. The molecule has 0 bridgehead atoms. The van der Waals surface area contributed by atoms with Crippen LogP contribution >= 0.6 is 0 Å². The van der Waals surface area contributed by atoms with Crippen LogP contribution in [-0.4, -0.2) is 42.2 Å². The molecule has 2 heterocycles. The molecule has 0 radical (unpaired) electrons. The van der Waals surface area contributed by atoms with Crippen LogP contribution in [0.2, 0.25) is 0 Å². The first kappa shape index (κ1) is 15.3. The van der Waals surface area contributed by atoms with E-state index in [1.54, 1.807) is 24.3 Å². The summed E-state index contributed by atoms with van der Waals surface area (Å²) in [6.45, 7) is 1.73. The summed E-state index contributed by atoms with van der Waals surface area (Å²) < 4.78 is 5.35. The maximum absolute atomic E-state index is 10.7. The van der Waals surface area contributed by atoms with Crippen LogP contribution in [0, 0.1) is 10.1 Å². The summed E-state index contributed by atoms with van der Waals surface area (Å²) in [5.74, 6) is 1.56. The van der Waals surface area contributed by atoms with E-state index in [1.807, 2.05) is 19.0 Å². The molecule has 1 aromatic carbocycles. The molecule has 0 spiro atoms. The summed E-state index contributed by atoms with van der Waals surface area (Å²) in [6.07, 6.45) is 1.85. The number of nitro benzene ring substituents is 1. The summed E-state index contributed by atoms with van der Waals surface area (Å²) in [5.41, 5.74) is 1.12. The van der Waals surface area contributed by atoms with Crippen LogP contribution in [0.15, 0.2) is 28.8 Å². The average molecular weight is 317 g/mol. The highest BCUT2D eigenvalue weighted by Gasteiger charge is 2.25. The first-order valence-electron chi connectivity index (χ1n) is 7.55. The van der Waals surface area contributed by atoms with Crippen LogP contribution < -0.4 is 9.80 Å². The van der Waals surface area contributed by atoms with Gasteiger partial charge in [0.2, 0.25) is 5.89 Å². The molecule has 0 N–H and O–H groups in total. The third-order valence-corrected chi connectivity index (χ3v) is 4.10. The number of hydrogen-bond donors (Lipinski definition) is 0. The largest absolute Gasteiger partial charge is 0.371 e. The van der Waals surface area contributed by atoms with Crippen molar-refractivity contribution in [3.8, 4) is 0 Å². The Morgan fingerprint density at radius 2 is 1.91 bits per heavy atom. The summed E-state index contributed by atoms with van der Waals surface area (Å²) in [6, 6.07) is 6.69. The topological polar surface area (TPSA) is 88.5 Å². The molecule has 23 heavy (non-hydrogen) atoms. The fourth-order valence-electron chi connectivity index (χ4n) is 2.74. The minimum Gasteiger partial charge on any atom is -0.371 e. The Morgan fingerprint density at radius 3 is 2.43 bits per heavy atom. The monoisotopic (exact) mass is 317 g/mol. The van der Waals surface area contributed by atoms with Crippen molar-refractivity contribution in [2.24, 2.45) is 0 Å². The van der Waals surface area contributed by atoms with Crippen molar-refractivity contribution in [2.45, 2.75) is 18.8 Å². The first-order chi connectivity index (χ1) is 11.0. The lowest BCUT2D eigenvalue weighted by Crippen LogP contribution is -2.32. The third-order valence-electron chi connectivity index (χ3n) is 4.10. The van der Waals surface area contributed by atoms with E-state index in [2.05, 4.69) is 15.0 Å². The van der Waals surface area contributed by atoms with Gasteiger partial charge in [0, 0.05) is 50.9 Å². The van der Waals surface area contributed by atoms with E-state index in [-0.39, 0.29) is 16.5 Å². The van der Waals surface area contributed by atoms with Crippen molar-refractivity contribution in [1.29, 1.82) is 0 Å². The number of aromatic nitrogens is 2. The minimum atomic E-state index is -0.381. The molecule has 3 rings (SSSR count). The van der Waals surface area contributed by atoms with Crippen molar-refractivity contribution in [1.82, 2.24) is 10.1 Å². The maximum atomic E-state index is 10.7. The summed E-state index contributed by atoms with van der Waals surface area (Å²) in [7, 11) is 3.76. The molecular weight excluding hydrogens is 298 g/mol. The van der Waals surface area contributed by atoms with Crippen LogP contribution in [0.4, 0.5) is 17.3 Å². The molecule has 0 atom stereocenters. The normalized spacial score (nSPS) is 15.7. The molecule has 0 amide bonds. The fourth-order valence-corrected chi connectivity index (χ4v) is 2.74. The molecule has 0 unspecified atom stereocenters. The van der Waals surface area contributed by atoms with Gasteiger partial charge in [-0.3, -0.25) is 10.1 Å². The quantitative estimate of drug-likeness (QED) is 0.632. The highest BCUT2D eigenvalue weighted by Crippen LogP contribution is 2.30. The molecule has 0 saturated carbocycles. The van der Waals surface area contributed by atoms with Crippen molar-refractivity contribution in [3.05, 3.63) is 40.3 Å². The van der Waals surface area contributed by atoms with E-state index in [4.69, 9.17) is 4.52 Å². The first-order valence-corrected chi connectivity index (χ1v) is 7.55. The van der Waals surface area contributed by atoms with Gasteiger partial charge in [-0.25, -0.2) is 0 Å². The third kappa shape index (κ3) is 3.25. The number of non-ortho nitro benzene ring substituents is 1. The maximum Gasteiger partial charge on any atom is 0.269 e. The molecule has 1 aliphatic rings. The second-order valence-corrected chi connectivity index (χ2v) is 5.86. The van der Waals surface area contributed by atoms with Gasteiger partial charge in [-0.1, -0.05) is 0 Å². The highest BCUT2D eigenvalue weighted by molar-refractivity contribution is 5.51. The van der Waals surface area contributed by atoms with Gasteiger partial charge >= 0.3 is 0 Å². The van der Waals surface area contributed by atoms with E-state index in [0.717, 1.165) is 31.6 Å². The zero-order valence-corrected chi connectivity index (χ0v) is 13.2. The molecule has 122 valence electrons. The predicted molar refractivity (Wildman–Crippen MR) is 85.9 cm³/mol. The SMILES string of the molecule is CN(C)c1noc(C2CCN(c3ccc([N+](=O)[O-])cc3)CC2)n1. The molecular formula is C15H19N5O3. The average Bonchev–Trinajstić information content (AvgIpc) is 3.05. The van der Waals surface area contributed by atoms with Crippen molar-refractivity contribution in [2.75, 3.05) is 37.0 Å². The zero-order valence-electron chi connectivity index (χ0n) is 13.2. The number of piperidine rings is 1.